The van der Waals surface area contributed by atoms with Gasteiger partial charge in [-0.1, -0.05) is 36.4 Å². The molecule has 0 atom stereocenters. The van der Waals surface area contributed by atoms with Crippen molar-refractivity contribution in [1.82, 2.24) is 4.98 Å². The molecule has 23 heavy (non-hydrogen) atoms. The largest absolute Gasteiger partial charge is 0.545 e. The zero-order chi connectivity index (χ0) is 15.8. The third kappa shape index (κ3) is 2.51. The molecule has 0 amide bonds. The average molecular weight is 320 g/mol. The smallest absolute Gasteiger partial charge is 0.163 e. The van der Waals surface area contributed by atoms with E-state index in [1.165, 1.54) is 12.1 Å². The molecular formula is C18H10NO3S-. The van der Waals surface area contributed by atoms with Crippen LogP contribution in [0, 0.1) is 0 Å². The predicted molar refractivity (Wildman–Crippen MR) is 87.1 cm³/mol. The van der Waals surface area contributed by atoms with Gasteiger partial charge in [-0.3, -0.25) is 0 Å². The Morgan fingerprint density at radius 1 is 0.957 bits per heavy atom. The van der Waals surface area contributed by atoms with Crippen LogP contribution in [0.5, 0.6) is 0 Å². The maximum Gasteiger partial charge on any atom is 0.163 e. The fourth-order valence-electron chi connectivity index (χ4n) is 2.36. The van der Waals surface area contributed by atoms with Crippen molar-refractivity contribution >= 4 is 27.5 Å². The van der Waals surface area contributed by atoms with Crippen molar-refractivity contribution in [1.29, 1.82) is 0 Å². The van der Waals surface area contributed by atoms with Gasteiger partial charge in [0.2, 0.25) is 0 Å². The lowest BCUT2D eigenvalue weighted by Crippen LogP contribution is -2.21. The second-order valence-corrected chi connectivity index (χ2v) is 6.05. The molecule has 0 aliphatic rings. The molecule has 2 aromatic heterocycles. The Labute approximate surface area is 135 Å². The summed E-state index contributed by atoms with van der Waals surface area (Å²) < 4.78 is 6.98. The molecule has 0 saturated heterocycles. The quantitative estimate of drug-likeness (QED) is 0.578. The van der Waals surface area contributed by atoms with Crippen LogP contribution < -0.4 is 5.11 Å². The molecule has 0 radical (unpaired) electrons. The molecule has 4 rings (SSSR count). The number of thiazole rings is 1. The normalized spacial score (nSPS) is 11.0. The number of furan rings is 1. The number of rotatable bonds is 3. The molecule has 0 unspecified atom stereocenters. The summed E-state index contributed by atoms with van der Waals surface area (Å²) in [4.78, 5) is 15.3. The Morgan fingerprint density at radius 2 is 1.70 bits per heavy atom. The molecule has 2 heterocycles. The van der Waals surface area contributed by atoms with Crippen molar-refractivity contribution in [3.63, 3.8) is 0 Å². The Balaban J connectivity index is 1.69. The van der Waals surface area contributed by atoms with Gasteiger partial charge in [0.25, 0.3) is 0 Å². The highest BCUT2D eigenvalue weighted by molar-refractivity contribution is 7.21. The zero-order valence-electron chi connectivity index (χ0n) is 11.9. The van der Waals surface area contributed by atoms with Crippen LogP contribution in [0.4, 0.5) is 0 Å². The Bertz CT molecular complexity index is 965. The number of para-hydroxylation sites is 1. The molecule has 0 N–H and O–H groups in total. The molecule has 112 valence electrons. The summed E-state index contributed by atoms with van der Waals surface area (Å²) in [5.41, 5.74) is 1.90. The van der Waals surface area contributed by atoms with Crippen LogP contribution in [0.1, 0.15) is 10.4 Å². The van der Waals surface area contributed by atoms with E-state index in [0.29, 0.717) is 11.5 Å². The molecule has 0 fully saturated rings. The Kier molecular flexibility index (Phi) is 3.20. The van der Waals surface area contributed by atoms with Crippen LogP contribution in [0.15, 0.2) is 65.1 Å². The van der Waals surface area contributed by atoms with Gasteiger partial charge in [0.15, 0.2) is 10.8 Å². The molecular weight excluding hydrogens is 310 g/mol. The van der Waals surface area contributed by atoms with E-state index in [4.69, 9.17) is 4.42 Å². The van der Waals surface area contributed by atoms with Crippen molar-refractivity contribution in [2.75, 3.05) is 0 Å². The third-order valence-electron chi connectivity index (χ3n) is 3.52. The minimum atomic E-state index is -1.19. The highest BCUT2D eigenvalue weighted by Crippen LogP contribution is 2.33. The number of carboxylic acids is 1. The number of hydrogen-bond acceptors (Lipinski definition) is 5. The maximum absolute atomic E-state index is 10.8. The molecule has 5 heteroatoms. The summed E-state index contributed by atoms with van der Waals surface area (Å²) in [7, 11) is 0. The number of fused-ring (bicyclic) bond motifs is 1. The van der Waals surface area contributed by atoms with Crippen LogP contribution in [0.3, 0.4) is 0 Å². The Hall–Kier alpha value is -2.92. The van der Waals surface area contributed by atoms with Crippen LogP contribution in [0.2, 0.25) is 0 Å². The first-order chi connectivity index (χ1) is 11.2. The third-order valence-corrected chi connectivity index (χ3v) is 4.57. The predicted octanol–water partition coefficient (Wildman–Crippen LogP) is 3.59. The van der Waals surface area contributed by atoms with E-state index in [9.17, 15) is 9.90 Å². The number of benzene rings is 2. The highest BCUT2D eigenvalue weighted by Gasteiger charge is 2.11. The van der Waals surface area contributed by atoms with Gasteiger partial charge in [-0.2, -0.15) is 0 Å². The molecule has 0 aliphatic carbocycles. The monoisotopic (exact) mass is 320 g/mol. The fraction of sp³-hybridized carbons (Fsp3) is 0. The number of carbonyl (C=O) groups excluding carboxylic acids is 1. The van der Waals surface area contributed by atoms with E-state index < -0.39 is 5.97 Å². The van der Waals surface area contributed by atoms with E-state index in [1.54, 1.807) is 23.5 Å². The molecule has 0 saturated carbocycles. The summed E-state index contributed by atoms with van der Waals surface area (Å²) in [5, 5.41) is 11.6. The summed E-state index contributed by atoms with van der Waals surface area (Å²) in [5.74, 6) is 0.181. The summed E-state index contributed by atoms with van der Waals surface area (Å²) in [6.45, 7) is 0. The lowest BCUT2D eigenvalue weighted by Gasteiger charge is -2.02. The summed E-state index contributed by atoms with van der Waals surface area (Å²) in [6, 6.07) is 18.1. The van der Waals surface area contributed by atoms with Gasteiger partial charge in [0, 0.05) is 5.56 Å². The first-order valence-electron chi connectivity index (χ1n) is 6.98. The van der Waals surface area contributed by atoms with E-state index in [2.05, 4.69) is 4.98 Å². The van der Waals surface area contributed by atoms with E-state index in [0.717, 1.165) is 20.8 Å². The van der Waals surface area contributed by atoms with Gasteiger partial charge >= 0.3 is 0 Å². The molecule has 0 spiro atoms. The van der Waals surface area contributed by atoms with E-state index >= 15 is 0 Å². The molecule has 0 bridgehead atoms. The van der Waals surface area contributed by atoms with Gasteiger partial charge in [-0.25, -0.2) is 4.98 Å². The second kappa shape index (κ2) is 5.37. The zero-order valence-corrected chi connectivity index (χ0v) is 12.7. The van der Waals surface area contributed by atoms with Crippen LogP contribution in [-0.2, 0) is 0 Å². The highest BCUT2D eigenvalue weighted by atomic mass is 32.1. The summed E-state index contributed by atoms with van der Waals surface area (Å²) >= 11 is 1.57. The maximum atomic E-state index is 10.8. The van der Waals surface area contributed by atoms with Gasteiger partial charge in [0.1, 0.15) is 5.76 Å². The van der Waals surface area contributed by atoms with Crippen LogP contribution >= 0.6 is 11.3 Å². The van der Waals surface area contributed by atoms with Crippen LogP contribution in [0.25, 0.3) is 32.3 Å². The lowest BCUT2D eigenvalue weighted by atomic mass is 10.1. The average Bonchev–Trinajstić information content (AvgIpc) is 3.21. The van der Waals surface area contributed by atoms with Gasteiger partial charge < -0.3 is 14.3 Å². The first kappa shape index (κ1) is 13.7. The second-order valence-electron chi connectivity index (χ2n) is 5.02. The first-order valence-corrected chi connectivity index (χ1v) is 7.80. The van der Waals surface area contributed by atoms with Crippen molar-refractivity contribution in [3.8, 4) is 22.1 Å². The van der Waals surface area contributed by atoms with E-state index in [-0.39, 0.29) is 5.56 Å². The van der Waals surface area contributed by atoms with Gasteiger partial charge in [-0.15, -0.1) is 11.3 Å². The van der Waals surface area contributed by atoms with Gasteiger partial charge in [0.05, 0.1) is 16.2 Å². The number of carboxylic acid groups (broad SMARTS) is 1. The number of hydrogen-bond donors (Lipinski definition) is 0. The number of aromatic nitrogens is 1. The van der Waals surface area contributed by atoms with Gasteiger partial charge in [-0.05, 0) is 29.8 Å². The molecule has 4 aromatic rings. The molecule has 2 aromatic carbocycles. The molecule has 4 nitrogen and oxygen atoms in total. The Morgan fingerprint density at radius 3 is 2.43 bits per heavy atom. The summed E-state index contributed by atoms with van der Waals surface area (Å²) in [6.07, 6.45) is 0. The minimum Gasteiger partial charge on any atom is -0.545 e. The fourth-order valence-corrected chi connectivity index (χ4v) is 3.28. The standard InChI is InChI=1S/C18H11NO3S/c20-18(21)12-7-5-11(6-8-12)14-9-10-15(22-14)17-19-13-3-1-2-4-16(13)23-17/h1-10H,(H,20,21)/p-1. The number of aromatic carboxylic acids is 1. The topological polar surface area (TPSA) is 66.2 Å². The minimum absolute atomic E-state index is 0.145. The van der Waals surface area contributed by atoms with Crippen molar-refractivity contribution in [2.24, 2.45) is 0 Å². The van der Waals surface area contributed by atoms with Crippen LogP contribution in [-0.4, -0.2) is 11.0 Å². The SMILES string of the molecule is O=C([O-])c1ccc(-c2ccc(-c3nc4ccccc4s3)o2)cc1. The van der Waals surface area contributed by atoms with Crippen molar-refractivity contribution in [3.05, 3.63) is 66.2 Å². The number of carbonyl (C=O) groups is 1. The molecule has 0 aliphatic heterocycles. The van der Waals surface area contributed by atoms with E-state index in [1.807, 2.05) is 36.4 Å². The van der Waals surface area contributed by atoms with Crippen molar-refractivity contribution < 1.29 is 14.3 Å². The lowest BCUT2D eigenvalue weighted by molar-refractivity contribution is -0.255. The number of nitrogens with zero attached hydrogens (tertiary/aromatic N) is 1. The van der Waals surface area contributed by atoms with Crippen molar-refractivity contribution in [2.45, 2.75) is 0 Å².